The van der Waals surface area contributed by atoms with E-state index in [1.54, 1.807) is 6.07 Å². The van der Waals surface area contributed by atoms with Crippen molar-refractivity contribution in [1.29, 1.82) is 0 Å². The van der Waals surface area contributed by atoms with E-state index in [4.69, 9.17) is 35.4 Å². The van der Waals surface area contributed by atoms with Crippen LogP contribution in [0, 0.1) is 20.8 Å². The van der Waals surface area contributed by atoms with E-state index in [1.807, 2.05) is 54.5 Å². The minimum Gasteiger partial charge on any atom is -0.362 e. The average molecular weight is 451 g/mol. The Bertz CT molecular complexity index is 1010. The van der Waals surface area contributed by atoms with Gasteiger partial charge in [0.1, 0.15) is 0 Å². The first-order valence-electron chi connectivity index (χ1n) is 9.36. The van der Waals surface area contributed by atoms with Gasteiger partial charge in [-0.25, -0.2) is 0 Å². The van der Waals surface area contributed by atoms with E-state index in [0.717, 1.165) is 47.8 Å². The summed E-state index contributed by atoms with van der Waals surface area (Å²) in [5.74, 6) is 0. The maximum atomic E-state index is 6.30. The number of nitrogens with one attached hydrogen (secondary N) is 2. The Morgan fingerprint density at radius 2 is 1.93 bits per heavy atom. The molecule has 0 aliphatic heterocycles. The number of aromatic nitrogens is 4. The number of anilines is 1. The number of nitrogens with zero attached hydrogens (tertiary/aromatic N) is 4. The number of thiocarbonyl (C=S) groups is 1. The largest absolute Gasteiger partial charge is 0.362 e. The van der Waals surface area contributed by atoms with Crippen molar-refractivity contribution in [3.8, 4) is 0 Å². The van der Waals surface area contributed by atoms with Crippen LogP contribution >= 0.6 is 35.4 Å². The molecular weight excluding hydrogens is 427 g/mol. The molecular formula is C20H24Cl2N6S. The Labute approximate surface area is 186 Å². The predicted molar refractivity (Wildman–Crippen MR) is 123 cm³/mol. The third-order valence-electron chi connectivity index (χ3n) is 4.72. The Morgan fingerprint density at radius 3 is 2.62 bits per heavy atom. The number of aryl methyl sites for hydroxylation is 3. The van der Waals surface area contributed by atoms with Crippen molar-refractivity contribution in [3.05, 3.63) is 63.2 Å². The summed E-state index contributed by atoms with van der Waals surface area (Å²) < 4.78 is 3.90. The standard InChI is InChI=1S/C20H24Cl2N6S/c1-13-7-9-24-27(13)10-4-8-23-20(29)25-19-14(2)26-28(15(19)3)12-16-5-6-17(21)11-18(16)22/h5-7,9,11H,4,8,10,12H2,1-3H3,(H2,23,25,29). The van der Waals surface area contributed by atoms with Crippen molar-refractivity contribution >= 4 is 46.2 Å². The van der Waals surface area contributed by atoms with Crippen LogP contribution in [-0.4, -0.2) is 31.2 Å². The Morgan fingerprint density at radius 1 is 1.14 bits per heavy atom. The molecule has 2 heterocycles. The lowest BCUT2D eigenvalue weighted by Crippen LogP contribution is -2.30. The zero-order valence-corrected chi connectivity index (χ0v) is 19.0. The van der Waals surface area contributed by atoms with Crippen LogP contribution in [0.1, 0.15) is 29.1 Å². The lowest BCUT2D eigenvalue weighted by molar-refractivity contribution is 0.561. The third kappa shape index (κ3) is 5.50. The molecule has 29 heavy (non-hydrogen) atoms. The predicted octanol–water partition coefficient (Wildman–Crippen LogP) is 4.74. The fourth-order valence-corrected chi connectivity index (χ4v) is 3.74. The zero-order chi connectivity index (χ0) is 21.0. The van der Waals surface area contributed by atoms with Crippen molar-refractivity contribution in [1.82, 2.24) is 24.9 Å². The first-order valence-corrected chi connectivity index (χ1v) is 10.5. The number of halogens is 2. The second kappa shape index (κ2) is 9.61. The van der Waals surface area contributed by atoms with E-state index >= 15 is 0 Å². The summed E-state index contributed by atoms with van der Waals surface area (Å²) >= 11 is 17.7. The number of rotatable bonds is 7. The van der Waals surface area contributed by atoms with Crippen molar-refractivity contribution < 1.29 is 0 Å². The molecule has 0 spiro atoms. The van der Waals surface area contributed by atoms with Gasteiger partial charge in [0, 0.05) is 35.0 Å². The van der Waals surface area contributed by atoms with E-state index in [1.165, 1.54) is 0 Å². The molecule has 2 aromatic heterocycles. The summed E-state index contributed by atoms with van der Waals surface area (Å²) in [5.41, 5.74) is 4.90. The van der Waals surface area contributed by atoms with Crippen molar-refractivity contribution in [3.63, 3.8) is 0 Å². The van der Waals surface area contributed by atoms with Gasteiger partial charge in [0.15, 0.2) is 5.11 Å². The van der Waals surface area contributed by atoms with Gasteiger partial charge in [0.05, 0.1) is 23.6 Å². The van der Waals surface area contributed by atoms with Crippen LogP contribution < -0.4 is 10.6 Å². The van der Waals surface area contributed by atoms with E-state index in [2.05, 4.69) is 20.8 Å². The van der Waals surface area contributed by atoms with Crippen LogP contribution in [0.4, 0.5) is 5.69 Å². The molecule has 9 heteroatoms. The van der Waals surface area contributed by atoms with Crippen LogP contribution in [0.25, 0.3) is 0 Å². The van der Waals surface area contributed by atoms with Gasteiger partial charge in [-0.05, 0) is 63.2 Å². The second-order valence-electron chi connectivity index (χ2n) is 6.87. The Balaban J connectivity index is 1.56. The molecule has 0 fully saturated rings. The van der Waals surface area contributed by atoms with Crippen molar-refractivity contribution in [2.75, 3.05) is 11.9 Å². The molecule has 6 nitrogen and oxygen atoms in total. The quantitative estimate of drug-likeness (QED) is 0.402. The Hall–Kier alpha value is -2.09. The molecule has 2 N–H and O–H groups in total. The van der Waals surface area contributed by atoms with Crippen LogP contribution in [0.5, 0.6) is 0 Å². The van der Waals surface area contributed by atoms with Crippen LogP contribution in [0.15, 0.2) is 30.5 Å². The minimum atomic E-state index is 0.563. The Kier molecular flexibility index (Phi) is 7.16. The van der Waals surface area contributed by atoms with Crippen LogP contribution in [0.2, 0.25) is 10.0 Å². The van der Waals surface area contributed by atoms with Gasteiger partial charge in [-0.3, -0.25) is 9.36 Å². The molecule has 3 rings (SSSR count). The zero-order valence-electron chi connectivity index (χ0n) is 16.7. The molecule has 0 amide bonds. The molecule has 0 radical (unpaired) electrons. The molecule has 0 saturated carbocycles. The normalized spacial score (nSPS) is 10.9. The monoisotopic (exact) mass is 450 g/mol. The molecule has 154 valence electrons. The molecule has 3 aromatic rings. The van der Waals surface area contributed by atoms with Crippen LogP contribution in [-0.2, 0) is 13.1 Å². The maximum Gasteiger partial charge on any atom is 0.170 e. The van der Waals surface area contributed by atoms with Gasteiger partial charge in [0.25, 0.3) is 0 Å². The summed E-state index contributed by atoms with van der Waals surface area (Å²) in [4.78, 5) is 0. The van der Waals surface area contributed by atoms with Crippen molar-refractivity contribution in [2.24, 2.45) is 0 Å². The summed E-state index contributed by atoms with van der Waals surface area (Å²) in [6.07, 6.45) is 2.74. The van der Waals surface area contributed by atoms with E-state index < -0.39 is 0 Å². The highest BCUT2D eigenvalue weighted by atomic mass is 35.5. The molecule has 0 unspecified atom stereocenters. The van der Waals surface area contributed by atoms with E-state index in [9.17, 15) is 0 Å². The smallest absolute Gasteiger partial charge is 0.170 e. The number of benzene rings is 1. The maximum absolute atomic E-state index is 6.30. The molecule has 0 saturated heterocycles. The fraction of sp³-hybridized carbons (Fsp3) is 0.350. The SMILES string of the molecule is Cc1nn(Cc2ccc(Cl)cc2Cl)c(C)c1NC(=S)NCCCn1nccc1C. The van der Waals surface area contributed by atoms with Gasteiger partial charge in [-0.1, -0.05) is 29.3 Å². The van der Waals surface area contributed by atoms with Gasteiger partial charge in [-0.2, -0.15) is 10.2 Å². The molecule has 1 aromatic carbocycles. The number of hydrogen-bond acceptors (Lipinski definition) is 3. The summed E-state index contributed by atoms with van der Waals surface area (Å²) in [6.45, 7) is 8.19. The van der Waals surface area contributed by atoms with Gasteiger partial charge >= 0.3 is 0 Å². The number of hydrogen-bond donors (Lipinski definition) is 2. The summed E-state index contributed by atoms with van der Waals surface area (Å²) in [7, 11) is 0. The lowest BCUT2D eigenvalue weighted by atomic mass is 10.2. The molecule has 0 atom stereocenters. The first-order chi connectivity index (χ1) is 13.8. The van der Waals surface area contributed by atoms with Gasteiger partial charge in [0.2, 0.25) is 0 Å². The molecule has 0 bridgehead atoms. The third-order valence-corrected chi connectivity index (χ3v) is 5.55. The average Bonchev–Trinajstić information content (AvgIpc) is 3.19. The van der Waals surface area contributed by atoms with Crippen molar-refractivity contribution in [2.45, 2.75) is 40.3 Å². The highest BCUT2D eigenvalue weighted by molar-refractivity contribution is 7.80. The summed E-state index contributed by atoms with van der Waals surface area (Å²) in [6, 6.07) is 7.49. The summed E-state index contributed by atoms with van der Waals surface area (Å²) in [5, 5.41) is 17.3. The highest BCUT2D eigenvalue weighted by Crippen LogP contribution is 2.25. The second-order valence-corrected chi connectivity index (χ2v) is 8.12. The lowest BCUT2D eigenvalue weighted by Gasteiger charge is -2.12. The van der Waals surface area contributed by atoms with Crippen LogP contribution in [0.3, 0.4) is 0 Å². The van der Waals surface area contributed by atoms with E-state index in [0.29, 0.717) is 21.7 Å². The molecule has 0 aliphatic rings. The topological polar surface area (TPSA) is 59.7 Å². The van der Waals surface area contributed by atoms with E-state index in [-0.39, 0.29) is 0 Å². The van der Waals surface area contributed by atoms with Gasteiger partial charge < -0.3 is 10.6 Å². The molecule has 0 aliphatic carbocycles. The van der Waals surface area contributed by atoms with Gasteiger partial charge in [-0.15, -0.1) is 0 Å². The fourth-order valence-electron chi connectivity index (χ4n) is 3.06. The minimum absolute atomic E-state index is 0.563. The highest BCUT2D eigenvalue weighted by Gasteiger charge is 2.14. The first kappa shape index (κ1) is 21.6.